The largest absolute Gasteiger partial charge is 0.450 e. The molecular formula is C21H25N3O3. The number of rotatable bonds is 4. The van der Waals surface area contributed by atoms with Crippen molar-refractivity contribution in [1.29, 1.82) is 0 Å². The lowest BCUT2D eigenvalue weighted by molar-refractivity contribution is 0.0860. The summed E-state index contributed by atoms with van der Waals surface area (Å²) in [5.74, 6) is -0.0809. The number of amides is 2. The summed E-state index contributed by atoms with van der Waals surface area (Å²) in [6, 6.07) is 9.66. The van der Waals surface area contributed by atoms with E-state index in [0.717, 1.165) is 29.5 Å². The number of hydrogen-bond acceptors (Lipinski definition) is 4. The van der Waals surface area contributed by atoms with Gasteiger partial charge in [-0.2, -0.15) is 0 Å². The fourth-order valence-electron chi connectivity index (χ4n) is 3.29. The van der Waals surface area contributed by atoms with Crippen molar-refractivity contribution in [3.05, 3.63) is 53.9 Å². The van der Waals surface area contributed by atoms with Crippen molar-refractivity contribution in [2.75, 3.05) is 19.7 Å². The fraction of sp³-hybridized carbons (Fsp3) is 0.381. The quantitative estimate of drug-likeness (QED) is 0.899. The van der Waals surface area contributed by atoms with E-state index in [1.807, 2.05) is 43.5 Å². The molecule has 2 aromatic rings. The molecule has 1 aromatic heterocycles. The maximum Gasteiger partial charge on any atom is 0.409 e. The Morgan fingerprint density at radius 1 is 1.19 bits per heavy atom. The third-order valence-corrected chi connectivity index (χ3v) is 4.83. The number of piperidine rings is 1. The molecule has 0 bridgehead atoms. The van der Waals surface area contributed by atoms with E-state index in [0.29, 0.717) is 25.3 Å². The Bertz CT molecular complexity index is 797. The van der Waals surface area contributed by atoms with E-state index in [1.54, 1.807) is 18.0 Å². The van der Waals surface area contributed by atoms with Gasteiger partial charge in [0.25, 0.3) is 5.91 Å². The summed E-state index contributed by atoms with van der Waals surface area (Å²) in [5.41, 5.74) is 3.92. The highest BCUT2D eigenvalue weighted by Gasteiger charge is 2.24. The molecule has 6 heteroatoms. The smallest absolute Gasteiger partial charge is 0.409 e. The average molecular weight is 367 g/mol. The molecule has 0 spiro atoms. The van der Waals surface area contributed by atoms with E-state index in [1.165, 1.54) is 0 Å². The number of benzene rings is 1. The summed E-state index contributed by atoms with van der Waals surface area (Å²) in [6.45, 7) is 5.40. The number of hydrogen-bond donors (Lipinski definition) is 1. The molecule has 1 saturated heterocycles. The molecule has 2 heterocycles. The first kappa shape index (κ1) is 18.9. The molecule has 2 amide bonds. The first-order valence-corrected chi connectivity index (χ1v) is 9.32. The molecule has 0 saturated carbocycles. The Labute approximate surface area is 159 Å². The summed E-state index contributed by atoms with van der Waals surface area (Å²) < 4.78 is 5.02. The van der Waals surface area contributed by atoms with Gasteiger partial charge < -0.3 is 15.0 Å². The highest BCUT2D eigenvalue weighted by molar-refractivity contribution is 5.95. The van der Waals surface area contributed by atoms with Crippen LogP contribution in [0.25, 0.3) is 11.1 Å². The van der Waals surface area contributed by atoms with Crippen molar-refractivity contribution < 1.29 is 14.3 Å². The first-order valence-electron chi connectivity index (χ1n) is 9.32. The molecule has 1 aromatic carbocycles. The van der Waals surface area contributed by atoms with Crippen molar-refractivity contribution in [3.8, 4) is 11.1 Å². The predicted molar refractivity (Wildman–Crippen MR) is 103 cm³/mol. The molecule has 0 aliphatic carbocycles. The number of likely N-dealkylation sites (tertiary alicyclic amines) is 1. The standard InChI is InChI=1S/C21H25N3O3/c1-3-27-21(26)24-12-9-18(10-13-24)23-20(25)17-6-4-16(5-7-17)19-8-11-22-14-15(19)2/h4-8,11,14,18H,3,9-10,12-13H2,1-2H3,(H,23,25). The summed E-state index contributed by atoms with van der Waals surface area (Å²) in [5, 5.41) is 3.07. The molecule has 1 fully saturated rings. The fourth-order valence-corrected chi connectivity index (χ4v) is 3.29. The van der Waals surface area contributed by atoms with Crippen LogP contribution in [0.3, 0.4) is 0 Å². The third kappa shape index (κ3) is 4.64. The second-order valence-electron chi connectivity index (χ2n) is 6.70. The van der Waals surface area contributed by atoms with Crippen LogP contribution in [0.1, 0.15) is 35.7 Å². The van der Waals surface area contributed by atoms with Crippen molar-refractivity contribution in [2.45, 2.75) is 32.7 Å². The van der Waals surface area contributed by atoms with Crippen molar-refractivity contribution >= 4 is 12.0 Å². The lowest BCUT2D eigenvalue weighted by Crippen LogP contribution is -2.46. The van der Waals surface area contributed by atoms with Crippen LogP contribution < -0.4 is 5.32 Å². The van der Waals surface area contributed by atoms with Crippen molar-refractivity contribution in [1.82, 2.24) is 15.2 Å². The highest BCUT2D eigenvalue weighted by atomic mass is 16.6. The number of carbonyl (C=O) groups is 2. The number of nitrogens with one attached hydrogen (secondary N) is 1. The first-order chi connectivity index (χ1) is 13.1. The number of pyridine rings is 1. The normalized spacial score (nSPS) is 14.7. The van der Waals surface area contributed by atoms with Crippen LogP contribution in [0.2, 0.25) is 0 Å². The van der Waals surface area contributed by atoms with Crippen LogP contribution in [0, 0.1) is 6.92 Å². The van der Waals surface area contributed by atoms with E-state index >= 15 is 0 Å². The molecule has 1 aliphatic heterocycles. The Hall–Kier alpha value is -2.89. The SMILES string of the molecule is CCOC(=O)N1CCC(NC(=O)c2ccc(-c3ccncc3C)cc2)CC1. The van der Waals surface area contributed by atoms with Crippen LogP contribution in [-0.4, -0.2) is 47.6 Å². The van der Waals surface area contributed by atoms with Crippen LogP contribution in [0.4, 0.5) is 4.79 Å². The molecular weight excluding hydrogens is 342 g/mol. The second-order valence-corrected chi connectivity index (χ2v) is 6.70. The average Bonchev–Trinajstić information content (AvgIpc) is 2.69. The van der Waals surface area contributed by atoms with Crippen LogP contribution in [0.15, 0.2) is 42.7 Å². The Morgan fingerprint density at radius 2 is 1.89 bits per heavy atom. The number of carbonyl (C=O) groups excluding carboxylic acids is 2. The second kappa shape index (κ2) is 8.66. The molecule has 1 aliphatic rings. The number of aryl methyl sites for hydroxylation is 1. The highest BCUT2D eigenvalue weighted by Crippen LogP contribution is 2.22. The molecule has 1 N–H and O–H groups in total. The minimum atomic E-state index is -0.274. The minimum absolute atomic E-state index is 0.0743. The minimum Gasteiger partial charge on any atom is -0.450 e. The molecule has 27 heavy (non-hydrogen) atoms. The Morgan fingerprint density at radius 3 is 2.52 bits per heavy atom. The summed E-state index contributed by atoms with van der Waals surface area (Å²) >= 11 is 0. The lowest BCUT2D eigenvalue weighted by atomic mass is 10.0. The zero-order valence-corrected chi connectivity index (χ0v) is 15.8. The molecule has 6 nitrogen and oxygen atoms in total. The van der Waals surface area contributed by atoms with Gasteiger partial charge in [0.05, 0.1) is 6.61 Å². The van der Waals surface area contributed by atoms with Crippen LogP contribution in [0.5, 0.6) is 0 Å². The van der Waals surface area contributed by atoms with Gasteiger partial charge in [0, 0.05) is 37.1 Å². The topological polar surface area (TPSA) is 71.5 Å². The van der Waals surface area contributed by atoms with Crippen molar-refractivity contribution in [2.24, 2.45) is 0 Å². The van der Waals surface area contributed by atoms with Gasteiger partial charge in [-0.1, -0.05) is 12.1 Å². The maximum absolute atomic E-state index is 12.5. The van der Waals surface area contributed by atoms with E-state index in [9.17, 15) is 9.59 Å². The van der Waals surface area contributed by atoms with Gasteiger partial charge in [-0.3, -0.25) is 9.78 Å². The van der Waals surface area contributed by atoms with E-state index in [4.69, 9.17) is 4.74 Å². The van der Waals surface area contributed by atoms with Gasteiger partial charge in [-0.05, 0) is 61.6 Å². The van der Waals surface area contributed by atoms with Crippen LogP contribution in [-0.2, 0) is 4.74 Å². The Kier molecular flexibility index (Phi) is 6.06. The van der Waals surface area contributed by atoms with Gasteiger partial charge in [-0.15, -0.1) is 0 Å². The predicted octanol–water partition coefficient (Wildman–Crippen LogP) is 3.41. The van der Waals surface area contributed by atoms with Gasteiger partial charge in [-0.25, -0.2) is 4.79 Å². The van der Waals surface area contributed by atoms with E-state index < -0.39 is 0 Å². The van der Waals surface area contributed by atoms with Crippen LogP contribution >= 0.6 is 0 Å². The zero-order chi connectivity index (χ0) is 19.2. The molecule has 3 rings (SSSR count). The number of aromatic nitrogens is 1. The molecule has 0 unspecified atom stereocenters. The summed E-state index contributed by atoms with van der Waals surface area (Å²) in [6.07, 6.45) is 4.80. The van der Waals surface area contributed by atoms with Gasteiger partial charge >= 0.3 is 6.09 Å². The molecule has 142 valence electrons. The van der Waals surface area contributed by atoms with Gasteiger partial charge in [0.15, 0.2) is 0 Å². The maximum atomic E-state index is 12.5. The van der Waals surface area contributed by atoms with E-state index in [2.05, 4.69) is 10.3 Å². The van der Waals surface area contributed by atoms with E-state index in [-0.39, 0.29) is 18.0 Å². The summed E-state index contributed by atoms with van der Waals surface area (Å²) in [4.78, 5) is 30.1. The number of ether oxygens (including phenoxy) is 1. The third-order valence-electron chi connectivity index (χ3n) is 4.83. The molecule has 0 radical (unpaired) electrons. The molecule has 0 atom stereocenters. The van der Waals surface area contributed by atoms with Gasteiger partial charge in [0.1, 0.15) is 0 Å². The van der Waals surface area contributed by atoms with Crippen molar-refractivity contribution in [3.63, 3.8) is 0 Å². The van der Waals surface area contributed by atoms with Gasteiger partial charge in [0.2, 0.25) is 0 Å². The number of nitrogens with zero attached hydrogens (tertiary/aromatic N) is 2. The lowest BCUT2D eigenvalue weighted by Gasteiger charge is -2.31. The summed E-state index contributed by atoms with van der Waals surface area (Å²) in [7, 11) is 0. The Balaban J connectivity index is 1.56. The zero-order valence-electron chi connectivity index (χ0n) is 15.8. The monoisotopic (exact) mass is 367 g/mol.